The van der Waals surface area contributed by atoms with Crippen LogP contribution in [0.4, 0.5) is 10.1 Å². The minimum atomic E-state index is -3.81. The highest BCUT2D eigenvalue weighted by Gasteiger charge is 2.15. The van der Waals surface area contributed by atoms with Crippen molar-refractivity contribution >= 4 is 21.2 Å². The van der Waals surface area contributed by atoms with Crippen molar-refractivity contribution in [2.45, 2.75) is 4.90 Å². The molecule has 5 aromatic rings. The number of anilines is 1. The molecule has 0 amide bonds. The summed E-state index contributed by atoms with van der Waals surface area (Å²) in [6.07, 6.45) is 9.38. The van der Waals surface area contributed by atoms with E-state index in [1.165, 1.54) is 12.1 Å². The predicted octanol–water partition coefficient (Wildman–Crippen LogP) is 4.34. The maximum absolute atomic E-state index is 13.1. The molecule has 0 unspecified atom stereocenters. The lowest BCUT2D eigenvalue weighted by Gasteiger charge is -2.09. The molecule has 1 N–H and O–H groups in total. The molecule has 2 aromatic carbocycles. The molecule has 9 heteroatoms. The van der Waals surface area contributed by atoms with Crippen molar-refractivity contribution in [3.05, 3.63) is 91.4 Å². The average Bonchev–Trinajstić information content (AvgIpc) is 3.40. The van der Waals surface area contributed by atoms with E-state index < -0.39 is 15.8 Å². The molecular weight excluding hydrogens is 429 g/mol. The second-order valence-corrected chi connectivity index (χ2v) is 9.02. The SMILES string of the molecule is Cn1cc(-c2cc3c(-c4ccc(NS(=O)(=O)c5ccc(F)cc5)cc4)nccn3c2)cn1. The van der Waals surface area contributed by atoms with E-state index >= 15 is 0 Å². The van der Waals surface area contributed by atoms with E-state index in [1.54, 1.807) is 23.0 Å². The van der Waals surface area contributed by atoms with Gasteiger partial charge in [0.05, 0.1) is 22.3 Å². The van der Waals surface area contributed by atoms with Crippen molar-refractivity contribution < 1.29 is 12.8 Å². The molecule has 0 saturated carbocycles. The summed E-state index contributed by atoms with van der Waals surface area (Å²) in [5, 5.41) is 4.23. The predicted molar refractivity (Wildman–Crippen MR) is 120 cm³/mol. The van der Waals surface area contributed by atoms with Crippen LogP contribution in [0.25, 0.3) is 27.9 Å². The lowest BCUT2D eigenvalue weighted by Crippen LogP contribution is -2.12. The van der Waals surface area contributed by atoms with Crippen LogP contribution in [0.5, 0.6) is 0 Å². The van der Waals surface area contributed by atoms with E-state index in [4.69, 9.17) is 0 Å². The summed E-state index contributed by atoms with van der Waals surface area (Å²) in [7, 11) is -1.94. The first-order valence-electron chi connectivity index (χ1n) is 9.74. The first kappa shape index (κ1) is 20.0. The van der Waals surface area contributed by atoms with Gasteiger partial charge in [-0.25, -0.2) is 12.8 Å². The summed E-state index contributed by atoms with van der Waals surface area (Å²) >= 11 is 0. The molecule has 0 saturated heterocycles. The number of sulfonamides is 1. The molecule has 0 bridgehead atoms. The third-order valence-corrected chi connectivity index (χ3v) is 6.49. The van der Waals surface area contributed by atoms with Gasteiger partial charge in [0.1, 0.15) is 5.82 Å². The Labute approximate surface area is 183 Å². The second kappa shape index (κ2) is 7.61. The summed E-state index contributed by atoms with van der Waals surface area (Å²) in [5.41, 5.74) is 4.97. The fourth-order valence-corrected chi connectivity index (χ4v) is 4.57. The van der Waals surface area contributed by atoms with Crippen LogP contribution in [0, 0.1) is 5.82 Å². The zero-order valence-corrected chi connectivity index (χ0v) is 17.8. The van der Waals surface area contributed by atoms with Gasteiger partial charge in [0.2, 0.25) is 0 Å². The van der Waals surface area contributed by atoms with Gasteiger partial charge in [0, 0.05) is 54.2 Å². The molecule has 0 atom stereocenters. The van der Waals surface area contributed by atoms with Crippen LogP contribution in [0.15, 0.2) is 90.5 Å². The Morgan fingerprint density at radius 2 is 1.69 bits per heavy atom. The Morgan fingerprint density at radius 1 is 0.938 bits per heavy atom. The van der Waals surface area contributed by atoms with E-state index in [1.807, 2.05) is 54.4 Å². The largest absolute Gasteiger partial charge is 0.320 e. The third-order valence-electron chi connectivity index (χ3n) is 5.09. The summed E-state index contributed by atoms with van der Waals surface area (Å²) in [6.45, 7) is 0. The Bertz CT molecular complexity index is 1520. The molecule has 160 valence electrons. The van der Waals surface area contributed by atoms with Crippen LogP contribution in [0.1, 0.15) is 0 Å². The fourth-order valence-electron chi connectivity index (χ4n) is 3.51. The zero-order valence-electron chi connectivity index (χ0n) is 17.0. The van der Waals surface area contributed by atoms with Crippen LogP contribution in [0.3, 0.4) is 0 Å². The number of nitrogens with zero attached hydrogens (tertiary/aromatic N) is 4. The normalized spacial score (nSPS) is 11.7. The van der Waals surface area contributed by atoms with E-state index in [2.05, 4.69) is 14.8 Å². The van der Waals surface area contributed by atoms with Crippen LogP contribution >= 0.6 is 0 Å². The Morgan fingerprint density at radius 3 is 2.38 bits per heavy atom. The quantitative estimate of drug-likeness (QED) is 0.435. The van der Waals surface area contributed by atoms with Crippen molar-refractivity contribution in [2.24, 2.45) is 7.05 Å². The van der Waals surface area contributed by atoms with Crippen LogP contribution in [-0.2, 0) is 17.1 Å². The molecular formula is C23H18FN5O2S. The van der Waals surface area contributed by atoms with Crippen LogP contribution in [-0.4, -0.2) is 27.6 Å². The number of halogens is 1. The molecule has 0 aliphatic heterocycles. The molecule has 0 fully saturated rings. The maximum Gasteiger partial charge on any atom is 0.261 e. The van der Waals surface area contributed by atoms with Crippen molar-refractivity contribution in [3.8, 4) is 22.4 Å². The summed E-state index contributed by atoms with van der Waals surface area (Å²) in [4.78, 5) is 4.52. The molecule has 0 radical (unpaired) electrons. The van der Waals surface area contributed by atoms with Crippen molar-refractivity contribution in [1.29, 1.82) is 0 Å². The first-order chi connectivity index (χ1) is 15.4. The van der Waals surface area contributed by atoms with Gasteiger partial charge < -0.3 is 4.40 Å². The molecule has 32 heavy (non-hydrogen) atoms. The third kappa shape index (κ3) is 3.74. The molecule has 0 aliphatic rings. The van der Waals surface area contributed by atoms with E-state index in [0.717, 1.165) is 40.0 Å². The van der Waals surface area contributed by atoms with E-state index in [9.17, 15) is 12.8 Å². The van der Waals surface area contributed by atoms with Gasteiger partial charge in [-0.3, -0.25) is 14.4 Å². The van der Waals surface area contributed by atoms with Crippen molar-refractivity contribution in [3.63, 3.8) is 0 Å². The van der Waals surface area contributed by atoms with Gasteiger partial charge in [-0.1, -0.05) is 12.1 Å². The molecule has 3 aromatic heterocycles. The smallest absolute Gasteiger partial charge is 0.261 e. The lowest BCUT2D eigenvalue weighted by molar-refractivity contribution is 0.599. The minimum Gasteiger partial charge on any atom is -0.320 e. The maximum atomic E-state index is 13.1. The topological polar surface area (TPSA) is 81.3 Å². The molecule has 7 nitrogen and oxygen atoms in total. The van der Waals surface area contributed by atoms with Crippen molar-refractivity contribution in [2.75, 3.05) is 4.72 Å². The standard InChI is InChI=1S/C23H18FN5O2S/c1-28-14-18(13-26-28)17-12-22-23(25-10-11-29(22)15-17)16-2-6-20(7-3-16)27-32(30,31)21-8-4-19(24)5-9-21/h2-15,27H,1H3. The minimum absolute atomic E-state index is 0.00877. The number of hydrogen-bond donors (Lipinski definition) is 1. The Hall–Kier alpha value is -3.98. The fraction of sp³-hybridized carbons (Fsp3) is 0.0435. The highest BCUT2D eigenvalue weighted by Crippen LogP contribution is 2.29. The van der Waals surface area contributed by atoms with Gasteiger partial charge >= 0.3 is 0 Å². The molecule has 5 rings (SSSR count). The van der Waals surface area contributed by atoms with Gasteiger partial charge in [-0.2, -0.15) is 5.10 Å². The van der Waals surface area contributed by atoms with E-state index in [0.29, 0.717) is 5.69 Å². The van der Waals surface area contributed by atoms with E-state index in [-0.39, 0.29) is 4.90 Å². The number of fused-ring (bicyclic) bond motifs is 1. The van der Waals surface area contributed by atoms with Gasteiger partial charge in [0.15, 0.2) is 0 Å². The summed E-state index contributed by atoms with van der Waals surface area (Å²) in [6, 6.07) is 13.7. The van der Waals surface area contributed by atoms with Crippen LogP contribution in [0.2, 0.25) is 0 Å². The highest BCUT2D eigenvalue weighted by atomic mass is 32.2. The Kier molecular flexibility index (Phi) is 4.75. The number of nitrogens with one attached hydrogen (secondary N) is 1. The number of benzene rings is 2. The monoisotopic (exact) mass is 447 g/mol. The lowest BCUT2D eigenvalue weighted by atomic mass is 10.1. The van der Waals surface area contributed by atoms with Gasteiger partial charge in [-0.15, -0.1) is 0 Å². The number of rotatable bonds is 5. The van der Waals surface area contributed by atoms with Crippen molar-refractivity contribution in [1.82, 2.24) is 19.2 Å². The summed E-state index contributed by atoms with van der Waals surface area (Å²) in [5.74, 6) is -0.493. The van der Waals surface area contributed by atoms with Crippen LogP contribution < -0.4 is 4.72 Å². The Balaban J connectivity index is 1.45. The first-order valence-corrected chi connectivity index (χ1v) is 11.2. The summed E-state index contributed by atoms with van der Waals surface area (Å²) < 4.78 is 44.4. The highest BCUT2D eigenvalue weighted by molar-refractivity contribution is 7.92. The molecule has 3 heterocycles. The molecule has 0 aliphatic carbocycles. The second-order valence-electron chi connectivity index (χ2n) is 7.34. The van der Waals surface area contributed by atoms with Gasteiger partial charge in [-0.05, 0) is 42.5 Å². The molecule has 0 spiro atoms. The number of aromatic nitrogens is 4. The average molecular weight is 447 g/mol. The zero-order chi connectivity index (χ0) is 22.3. The number of hydrogen-bond acceptors (Lipinski definition) is 4. The number of aryl methyl sites for hydroxylation is 1. The van der Waals surface area contributed by atoms with Gasteiger partial charge in [0.25, 0.3) is 10.0 Å².